The molecule has 2 aromatic carbocycles. The summed E-state index contributed by atoms with van der Waals surface area (Å²) in [6.07, 6.45) is 0. The summed E-state index contributed by atoms with van der Waals surface area (Å²) in [4.78, 5) is 35.8. The Morgan fingerprint density at radius 2 is 1.77 bits per heavy atom. The van der Waals surface area contributed by atoms with E-state index in [1.165, 1.54) is 17.0 Å². The molecule has 0 radical (unpaired) electrons. The molecule has 0 fully saturated rings. The highest BCUT2D eigenvalue weighted by Gasteiger charge is 2.38. The molecule has 1 unspecified atom stereocenters. The lowest BCUT2D eigenvalue weighted by molar-refractivity contribution is -0.384. The van der Waals surface area contributed by atoms with Gasteiger partial charge in [-0.05, 0) is 46.9 Å². The number of fused-ring (bicyclic) bond motifs is 1. The molecule has 0 saturated heterocycles. The lowest BCUT2D eigenvalue weighted by Gasteiger charge is -2.27. The summed E-state index contributed by atoms with van der Waals surface area (Å²) in [5, 5.41) is 20.2. The first-order valence-corrected chi connectivity index (χ1v) is 8.21. The average Bonchev–Trinajstić information content (AvgIpc) is 2.90. The van der Waals surface area contributed by atoms with E-state index < -0.39 is 16.9 Å². The maximum Gasteiger partial charge on any atom is 0.326 e. The Morgan fingerprint density at radius 3 is 2.31 bits per heavy atom. The van der Waals surface area contributed by atoms with Gasteiger partial charge in [-0.2, -0.15) is 0 Å². The molecule has 0 spiro atoms. The van der Waals surface area contributed by atoms with Crippen LogP contribution in [0.3, 0.4) is 0 Å². The fourth-order valence-electron chi connectivity index (χ4n) is 3.30. The monoisotopic (exact) mass is 354 g/mol. The SMILES string of the molecule is CC(C)C(C(=O)O)N1Cc2cc(-c3ccc([N+](=O)[O-])cc3)ccc2C1=O. The number of amides is 1. The van der Waals surface area contributed by atoms with Gasteiger partial charge in [0.1, 0.15) is 6.04 Å². The molecule has 1 atom stereocenters. The van der Waals surface area contributed by atoms with E-state index in [-0.39, 0.29) is 24.1 Å². The second kappa shape index (κ2) is 6.59. The predicted octanol–water partition coefficient (Wildman–Crippen LogP) is 3.33. The second-order valence-corrected chi connectivity index (χ2v) is 6.64. The standard InChI is InChI=1S/C19H18N2O5/c1-11(2)17(19(23)24)20-10-14-9-13(5-8-16(14)18(20)22)12-3-6-15(7-4-12)21(25)26/h3-9,11,17H,10H2,1-2H3,(H,23,24). The maximum absolute atomic E-state index is 12.6. The van der Waals surface area contributed by atoms with Crippen molar-refractivity contribution in [2.24, 2.45) is 5.92 Å². The van der Waals surface area contributed by atoms with Gasteiger partial charge in [-0.1, -0.05) is 19.9 Å². The van der Waals surface area contributed by atoms with E-state index in [2.05, 4.69) is 0 Å². The first-order valence-electron chi connectivity index (χ1n) is 8.21. The van der Waals surface area contributed by atoms with Crippen LogP contribution in [0.2, 0.25) is 0 Å². The van der Waals surface area contributed by atoms with Gasteiger partial charge in [0.2, 0.25) is 0 Å². The van der Waals surface area contributed by atoms with Gasteiger partial charge in [0, 0.05) is 24.2 Å². The first-order chi connectivity index (χ1) is 12.3. The minimum atomic E-state index is -1.02. The molecule has 1 aliphatic heterocycles. The Kier molecular flexibility index (Phi) is 4.46. The van der Waals surface area contributed by atoms with Crippen LogP contribution < -0.4 is 0 Å². The Morgan fingerprint density at radius 1 is 1.15 bits per heavy atom. The van der Waals surface area contributed by atoms with Crippen LogP contribution in [-0.4, -0.2) is 32.8 Å². The van der Waals surface area contributed by atoms with Crippen LogP contribution in [0.25, 0.3) is 11.1 Å². The second-order valence-electron chi connectivity index (χ2n) is 6.64. The van der Waals surface area contributed by atoms with E-state index in [9.17, 15) is 24.8 Å². The van der Waals surface area contributed by atoms with Crippen LogP contribution in [0.15, 0.2) is 42.5 Å². The molecule has 0 aliphatic carbocycles. The first kappa shape index (κ1) is 17.6. The summed E-state index contributed by atoms with van der Waals surface area (Å²) in [6.45, 7) is 3.79. The number of nitro benzene ring substituents is 1. The van der Waals surface area contributed by atoms with E-state index >= 15 is 0 Å². The molecule has 3 rings (SSSR count). The van der Waals surface area contributed by atoms with Crippen LogP contribution in [0.5, 0.6) is 0 Å². The molecule has 1 amide bonds. The zero-order chi connectivity index (χ0) is 19.0. The Bertz CT molecular complexity index is 889. The minimum Gasteiger partial charge on any atom is -0.480 e. The molecular weight excluding hydrogens is 336 g/mol. The molecule has 1 heterocycles. The molecule has 7 heteroatoms. The summed E-state index contributed by atoms with van der Waals surface area (Å²) in [5.74, 6) is -1.51. The number of rotatable bonds is 5. The lowest BCUT2D eigenvalue weighted by Crippen LogP contribution is -2.44. The van der Waals surface area contributed by atoms with Gasteiger partial charge in [0.05, 0.1) is 4.92 Å². The van der Waals surface area contributed by atoms with Crippen molar-refractivity contribution in [2.45, 2.75) is 26.4 Å². The molecule has 0 aromatic heterocycles. The molecule has 7 nitrogen and oxygen atoms in total. The van der Waals surface area contributed by atoms with Gasteiger partial charge in [-0.15, -0.1) is 0 Å². The Balaban J connectivity index is 1.92. The van der Waals surface area contributed by atoms with Crippen molar-refractivity contribution in [1.82, 2.24) is 4.90 Å². The Labute approximate surface area is 150 Å². The van der Waals surface area contributed by atoms with E-state index in [4.69, 9.17) is 0 Å². The Hall–Kier alpha value is -3.22. The smallest absolute Gasteiger partial charge is 0.326 e. The van der Waals surface area contributed by atoms with E-state index in [1.807, 2.05) is 6.07 Å². The molecule has 2 aromatic rings. The number of carboxylic acid groups (broad SMARTS) is 1. The van der Waals surface area contributed by atoms with Gasteiger partial charge in [0.15, 0.2) is 0 Å². The molecule has 134 valence electrons. The highest BCUT2D eigenvalue weighted by Crippen LogP contribution is 2.31. The number of carboxylic acids is 1. The lowest BCUT2D eigenvalue weighted by atomic mass is 10.0. The van der Waals surface area contributed by atoms with Crippen molar-refractivity contribution < 1.29 is 19.6 Å². The zero-order valence-corrected chi connectivity index (χ0v) is 14.4. The number of hydrogen-bond acceptors (Lipinski definition) is 4. The number of nitro groups is 1. The van der Waals surface area contributed by atoms with Crippen molar-refractivity contribution in [2.75, 3.05) is 0 Å². The summed E-state index contributed by atoms with van der Waals surface area (Å²) >= 11 is 0. The van der Waals surface area contributed by atoms with Crippen LogP contribution in [0.1, 0.15) is 29.8 Å². The normalized spacial score (nSPS) is 14.4. The van der Waals surface area contributed by atoms with Crippen LogP contribution in [-0.2, 0) is 11.3 Å². The quantitative estimate of drug-likeness (QED) is 0.655. The molecule has 0 saturated carbocycles. The fraction of sp³-hybridized carbons (Fsp3) is 0.263. The fourth-order valence-corrected chi connectivity index (χ4v) is 3.30. The molecular formula is C19H18N2O5. The number of carbonyl (C=O) groups excluding carboxylic acids is 1. The van der Waals surface area contributed by atoms with Crippen molar-refractivity contribution in [3.63, 3.8) is 0 Å². The van der Waals surface area contributed by atoms with Crippen LogP contribution >= 0.6 is 0 Å². The van der Waals surface area contributed by atoms with Crippen LogP contribution in [0, 0.1) is 16.0 Å². The van der Waals surface area contributed by atoms with Crippen LogP contribution in [0.4, 0.5) is 5.69 Å². The molecule has 1 aliphatic rings. The van der Waals surface area contributed by atoms with Crippen molar-refractivity contribution >= 4 is 17.6 Å². The summed E-state index contributed by atoms with van der Waals surface area (Å²) < 4.78 is 0. The topological polar surface area (TPSA) is 101 Å². The third-order valence-corrected chi connectivity index (χ3v) is 4.57. The number of aliphatic carboxylic acids is 1. The third kappa shape index (κ3) is 3.03. The molecule has 1 N–H and O–H groups in total. The average molecular weight is 354 g/mol. The van der Waals surface area contributed by atoms with Gasteiger partial charge in [-0.25, -0.2) is 4.79 Å². The van der Waals surface area contributed by atoms with Crippen molar-refractivity contribution in [3.8, 4) is 11.1 Å². The number of non-ortho nitro benzene ring substituents is 1. The van der Waals surface area contributed by atoms with E-state index in [1.54, 1.807) is 38.1 Å². The number of nitrogens with zero attached hydrogens (tertiary/aromatic N) is 2. The number of hydrogen-bond donors (Lipinski definition) is 1. The predicted molar refractivity (Wildman–Crippen MR) is 94.7 cm³/mol. The maximum atomic E-state index is 12.6. The van der Waals surface area contributed by atoms with E-state index in [0.717, 1.165) is 16.7 Å². The van der Waals surface area contributed by atoms with Gasteiger partial charge in [0.25, 0.3) is 11.6 Å². The number of benzene rings is 2. The minimum absolute atomic E-state index is 0.0116. The van der Waals surface area contributed by atoms with Gasteiger partial charge in [-0.3, -0.25) is 14.9 Å². The molecule has 26 heavy (non-hydrogen) atoms. The van der Waals surface area contributed by atoms with Crippen molar-refractivity contribution in [3.05, 3.63) is 63.7 Å². The largest absolute Gasteiger partial charge is 0.480 e. The van der Waals surface area contributed by atoms with Crippen molar-refractivity contribution in [1.29, 1.82) is 0 Å². The van der Waals surface area contributed by atoms with Gasteiger partial charge >= 0.3 is 5.97 Å². The third-order valence-electron chi connectivity index (χ3n) is 4.57. The summed E-state index contributed by atoms with van der Waals surface area (Å²) in [5.41, 5.74) is 2.89. The number of carbonyl (C=O) groups is 2. The summed E-state index contributed by atoms with van der Waals surface area (Å²) in [7, 11) is 0. The molecule has 0 bridgehead atoms. The zero-order valence-electron chi connectivity index (χ0n) is 14.4. The summed E-state index contributed by atoms with van der Waals surface area (Å²) in [6, 6.07) is 10.6. The highest BCUT2D eigenvalue weighted by molar-refractivity contribution is 6.01. The van der Waals surface area contributed by atoms with Gasteiger partial charge < -0.3 is 10.0 Å². The highest BCUT2D eigenvalue weighted by atomic mass is 16.6. The van der Waals surface area contributed by atoms with E-state index in [0.29, 0.717) is 5.56 Å².